The average molecular weight is 257 g/mol. The van der Waals surface area contributed by atoms with Gasteiger partial charge in [-0.2, -0.15) is 11.8 Å². The van der Waals surface area contributed by atoms with Gasteiger partial charge in [-0.15, -0.1) is 11.3 Å². The molecule has 0 saturated heterocycles. The van der Waals surface area contributed by atoms with Crippen LogP contribution in [-0.4, -0.2) is 28.6 Å². The average Bonchev–Trinajstić information content (AvgIpc) is 2.88. The van der Waals surface area contributed by atoms with Crippen LogP contribution in [-0.2, 0) is 6.54 Å². The second-order valence-electron chi connectivity index (χ2n) is 4.10. The van der Waals surface area contributed by atoms with Gasteiger partial charge in [-0.3, -0.25) is 0 Å². The van der Waals surface area contributed by atoms with E-state index in [1.807, 2.05) is 11.8 Å². The Bertz CT molecular complexity index is 385. The van der Waals surface area contributed by atoms with E-state index in [0.717, 1.165) is 18.0 Å². The minimum Gasteiger partial charge on any atom is -0.478 e. The monoisotopic (exact) mass is 257 g/mol. The molecule has 0 amide bonds. The summed E-state index contributed by atoms with van der Waals surface area (Å²) in [6.07, 6.45) is 4.75. The Hall–Kier alpha value is -0.520. The first-order valence-electron chi connectivity index (χ1n) is 5.22. The van der Waals surface area contributed by atoms with Crippen molar-refractivity contribution in [3.63, 3.8) is 0 Å². The Kier molecular flexibility index (Phi) is 3.56. The molecule has 2 N–H and O–H groups in total. The SMILES string of the molecule is CSC1(CNCc2cc(C(=O)O)cs2)CC1. The van der Waals surface area contributed by atoms with Gasteiger partial charge in [-0.25, -0.2) is 4.79 Å². The number of nitrogens with one attached hydrogen (secondary N) is 1. The van der Waals surface area contributed by atoms with Crippen molar-refractivity contribution < 1.29 is 9.90 Å². The second-order valence-corrected chi connectivity index (χ2v) is 6.37. The van der Waals surface area contributed by atoms with Crippen molar-refractivity contribution in [1.82, 2.24) is 5.32 Å². The number of thiophene rings is 1. The van der Waals surface area contributed by atoms with Crippen molar-refractivity contribution in [2.75, 3.05) is 12.8 Å². The Morgan fingerprint density at radius 3 is 2.94 bits per heavy atom. The standard InChI is InChI=1S/C11H15NO2S2/c1-15-11(2-3-11)7-12-5-9-4-8(6-16-9)10(13)14/h4,6,12H,2-3,5,7H2,1H3,(H,13,14). The summed E-state index contributed by atoms with van der Waals surface area (Å²) < 4.78 is 0.465. The van der Waals surface area contributed by atoms with Crippen LogP contribution < -0.4 is 5.32 Å². The van der Waals surface area contributed by atoms with Gasteiger partial charge in [0.1, 0.15) is 0 Å². The molecule has 0 atom stereocenters. The molecule has 88 valence electrons. The first kappa shape index (κ1) is 12.0. The van der Waals surface area contributed by atoms with Crippen molar-refractivity contribution in [2.24, 2.45) is 0 Å². The minimum atomic E-state index is -0.842. The van der Waals surface area contributed by atoms with E-state index in [1.165, 1.54) is 24.2 Å². The van der Waals surface area contributed by atoms with Gasteiger partial charge < -0.3 is 10.4 Å². The summed E-state index contributed by atoms with van der Waals surface area (Å²) in [4.78, 5) is 11.8. The highest BCUT2D eigenvalue weighted by molar-refractivity contribution is 8.00. The van der Waals surface area contributed by atoms with Crippen LogP contribution in [0.15, 0.2) is 11.4 Å². The number of hydrogen-bond donors (Lipinski definition) is 2. The summed E-state index contributed by atoms with van der Waals surface area (Å²) in [6.45, 7) is 1.80. The lowest BCUT2D eigenvalue weighted by Crippen LogP contribution is -2.25. The summed E-state index contributed by atoms with van der Waals surface area (Å²) in [5, 5.41) is 13.9. The van der Waals surface area contributed by atoms with E-state index in [1.54, 1.807) is 11.4 Å². The molecule has 0 aliphatic heterocycles. The molecule has 0 aromatic carbocycles. The summed E-state index contributed by atoms with van der Waals surface area (Å²) in [7, 11) is 0. The van der Waals surface area contributed by atoms with Crippen LogP contribution in [0, 0.1) is 0 Å². The molecule has 1 aromatic heterocycles. The molecular weight excluding hydrogens is 242 g/mol. The van der Waals surface area contributed by atoms with E-state index >= 15 is 0 Å². The van der Waals surface area contributed by atoms with Crippen LogP contribution in [0.2, 0.25) is 0 Å². The maximum absolute atomic E-state index is 10.7. The number of aromatic carboxylic acids is 1. The Morgan fingerprint density at radius 1 is 1.69 bits per heavy atom. The lowest BCUT2D eigenvalue weighted by Gasteiger charge is -2.11. The fraction of sp³-hybridized carbons (Fsp3) is 0.545. The number of carboxylic acids is 1. The van der Waals surface area contributed by atoms with E-state index < -0.39 is 5.97 Å². The number of hydrogen-bond acceptors (Lipinski definition) is 4. The molecule has 1 heterocycles. The van der Waals surface area contributed by atoms with E-state index in [9.17, 15) is 4.79 Å². The van der Waals surface area contributed by atoms with Crippen molar-refractivity contribution in [3.8, 4) is 0 Å². The molecule has 5 heteroatoms. The molecule has 1 aromatic rings. The first-order valence-corrected chi connectivity index (χ1v) is 7.32. The van der Waals surface area contributed by atoms with Gasteiger partial charge in [0.2, 0.25) is 0 Å². The molecule has 0 unspecified atom stereocenters. The predicted molar refractivity (Wildman–Crippen MR) is 68.5 cm³/mol. The normalized spacial score (nSPS) is 17.3. The van der Waals surface area contributed by atoms with Gasteiger partial charge in [0.05, 0.1) is 5.56 Å². The zero-order chi connectivity index (χ0) is 11.6. The lowest BCUT2D eigenvalue weighted by molar-refractivity contribution is 0.0697. The lowest BCUT2D eigenvalue weighted by atomic mass is 10.3. The smallest absolute Gasteiger partial charge is 0.336 e. The molecule has 0 spiro atoms. The largest absolute Gasteiger partial charge is 0.478 e. The Balaban J connectivity index is 1.79. The van der Waals surface area contributed by atoms with Gasteiger partial charge in [-0.05, 0) is 25.2 Å². The van der Waals surface area contributed by atoms with Crippen LogP contribution in [0.5, 0.6) is 0 Å². The predicted octanol–water partition coefficient (Wildman–Crippen LogP) is 2.43. The summed E-state index contributed by atoms with van der Waals surface area (Å²) in [6, 6.07) is 1.75. The molecule has 16 heavy (non-hydrogen) atoms. The van der Waals surface area contributed by atoms with Gasteiger partial charge in [0, 0.05) is 28.1 Å². The summed E-state index contributed by atoms with van der Waals surface area (Å²) in [5.41, 5.74) is 0.396. The summed E-state index contributed by atoms with van der Waals surface area (Å²) in [5.74, 6) is -0.842. The highest BCUT2D eigenvalue weighted by Gasteiger charge is 2.41. The number of carbonyl (C=O) groups is 1. The third-order valence-electron chi connectivity index (χ3n) is 2.89. The van der Waals surface area contributed by atoms with Gasteiger partial charge >= 0.3 is 5.97 Å². The van der Waals surface area contributed by atoms with Crippen molar-refractivity contribution in [2.45, 2.75) is 24.1 Å². The van der Waals surface area contributed by atoms with Crippen molar-refractivity contribution >= 4 is 29.1 Å². The zero-order valence-corrected chi connectivity index (χ0v) is 10.8. The Morgan fingerprint density at radius 2 is 2.44 bits per heavy atom. The van der Waals surface area contributed by atoms with E-state index in [2.05, 4.69) is 11.6 Å². The van der Waals surface area contributed by atoms with Gasteiger partial charge in [0.25, 0.3) is 0 Å². The molecule has 3 nitrogen and oxygen atoms in total. The molecular formula is C11H15NO2S2. The molecule has 0 bridgehead atoms. The van der Waals surface area contributed by atoms with Crippen LogP contribution in [0.1, 0.15) is 28.1 Å². The maximum Gasteiger partial charge on any atom is 0.336 e. The number of thioether (sulfide) groups is 1. The first-order chi connectivity index (χ1) is 7.65. The molecule has 1 aliphatic rings. The van der Waals surface area contributed by atoms with Crippen LogP contribution in [0.3, 0.4) is 0 Å². The second kappa shape index (κ2) is 4.77. The number of rotatable bonds is 6. The fourth-order valence-electron chi connectivity index (χ4n) is 1.59. The van der Waals surface area contributed by atoms with Gasteiger partial charge in [0.15, 0.2) is 0 Å². The third kappa shape index (κ3) is 2.78. The Labute approximate surface area is 103 Å². The van der Waals surface area contributed by atoms with Crippen LogP contribution >= 0.6 is 23.1 Å². The van der Waals surface area contributed by atoms with Crippen molar-refractivity contribution in [1.29, 1.82) is 0 Å². The quantitative estimate of drug-likeness (QED) is 0.822. The minimum absolute atomic E-state index is 0.396. The zero-order valence-electron chi connectivity index (χ0n) is 9.16. The molecule has 2 rings (SSSR count). The maximum atomic E-state index is 10.7. The molecule has 1 saturated carbocycles. The highest BCUT2D eigenvalue weighted by Crippen LogP contribution is 2.46. The topological polar surface area (TPSA) is 49.3 Å². The van der Waals surface area contributed by atoms with Gasteiger partial charge in [-0.1, -0.05) is 0 Å². The van der Waals surface area contributed by atoms with E-state index in [4.69, 9.17) is 5.11 Å². The number of carboxylic acid groups (broad SMARTS) is 1. The molecule has 1 aliphatic carbocycles. The van der Waals surface area contributed by atoms with Crippen LogP contribution in [0.4, 0.5) is 0 Å². The van der Waals surface area contributed by atoms with Crippen LogP contribution in [0.25, 0.3) is 0 Å². The van der Waals surface area contributed by atoms with E-state index in [0.29, 0.717) is 10.3 Å². The molecule has 1 fully saturated rings. The van der Waals surface area contributed by atoms with Crippen molar-refractivity contribution in [3.05, 3.63) is 21.9 Å². The highest BCUT2D eigenvalue weighted by atomic mass is 32.2. The summed E-state index contributed by atoms with van der Waals surface area (Å²) >= 11 is 3.44. The third-order valence-corrected chi connectivity index (χ3v) is 5.24. The van der Waals surface area contributed by atoms with E-state index in [-0.39, 0.29) is 0 Å². The molecule has 0 radical (unpaired) electrons. The fourth-order valence-corrected chi connectivity index (χ4v) is 3.18.